The lowest BCUT2D eigenvalue weighted by Crippen LogP contribution is -2.40. The molecule has 9 heteroatoms. The maximum absolute atomic E-state index is 13.3. The van der Waals surface area contributed by atoms with Crippen molar-refractivity contribution in [2.75, 3.05) is 11.1 Å². The Morgan fingerprint density at radius 1 is 1.06 bits per heavy atom. The van der Waals surface area contributed by atoms with Gasteiger partial charge < -0.3 is 16.4 Å². The molecule has 2 heterocycles. The highest BCUT2D eigenvalue weighted by Crippen LogP contribution is 2.30. The molecule has 3 aromatic rings. The third-order valence-corrected chi connectivity index (χ3v) is 5.74. The zero-order valence-electron chi connectivity index (χ0n) is 18.9. The molecular formula is C24H27N7O2. The normalized spacial score (nSPS) is 17.8. The predicted molar refractivity (Wildman–Crippen MR) is 126 cm³/mol. The fourth-order valence-corrected chi connectivity index (χ4v) is 3.87. The van der Waals surface area contributed by atoms with Crippen molar-refractivity contribution in [2.24, 2.45) is 0 Å². The third kappa shape index (κ3) is 4.48. The Morgan fingerprint density at radius 3 is 2.48 bits per heavy atom. The lowest BCUT2D eigenvalue weighted by Gasteiger charge is -2.22. The van der Waals surface area contributed by atoms with E-state index in [0.29, 0.717) is 0 Å². The highest BCUT2D eigenvalue weighted by atomic mass is 16.2. The van der Waals surface area contributed by atoms with E-state index >= 15 is 0 Å². The summed E-state index contributed by atoms with van der Waals surface area (Å²) < 4.78 is 0. The number of carbonyl (C=O) groups is 2. The summed E-state index contributed by atoms with van der Waals surface area (Å²) in [6, 6.07) is 14.9. The van der Waals surface area contributed by atoms with Crippen LogP contribution in [-0.2, 0) is 23.3 Å². The Kier molecular flexibility index (Phi) is 5.95. The topological polar surface area (TPSA) is 126 Å². The Hall–Kier alpha value is -4.01. The van der Waals surface area contributed by atoms with Gasteiger partial charge in [-0.05, 0) is 43.0 Å². The molecule has 1 aliphatic rings. The molecule has 3 amide bonds. The van der Waals surface area contributed by atoms with E-state index < -0.39 is 11.6 Å². The molecule has 2 aromatic carbocycles. The number of hydrogen-bond acceptors (Lipinski definition) is 7. The van der Waals surface area contributed by atoms with E-state index in [2.05, 4.69) is 32.5 Å². The van der Waals surface area contributed by atoms with Crippen LogP contribution in [0.25, 0.3) is 0 Å². The third-order valence-electron chi connectivity index (χ3n) is 5.74. The van der Waals surface area contributed by atoms with E-state index in [0.717, 1.165) is 34.6 Å². The number of urea groups is 1. The van der Waals surface area contributed by atoms with Gasteiger partial charge >= 0.3 is 6.03 Å². The first-order valence-corrected chi connectivity index (χ1v) is 10.9. The average molecular weight is 446 g/mol. The van der Waals surface area contributed by atoms with E-state index in [1.54, 1.807) is 6.92 Å². The van der Waals surface area contributed by atoms with Crippen LogP contribution in [0.1, 0.15) is 42.8 Å². The molecule has 0 unspecified atom stereocenters. The molecule has 1 fully saturated rings. The Bertz CT molecular complexity index is 1200. The molecule has 33 heavy (non-hydrogen) atoms. The number of anilines is 3. The molecule has 4 N–H and O–H groups in total. The molecule has 4 rings (SSSR count). The van der Waals surface area contributed by atoms with Crippen LogP contribution in [0.2, 0.25) is 0 Å². The summed E-state index contributed by atoms with van der Waals surface area (Å²) in [5, 5.41) is 5.93. The zero-order chi connectivity index (χ0) is 23.6. The highest BCUT2D eigenvalue weighted by Gasteiger charge is 2.49. The molecule has 0 spiro atoms. The number of nitrogens with one attached hydrogen (secondary N) is 2. The van der Waals surface area contributed by atoms with Gasteiger partial charge in [0, 0.05) is 5.69 Å². The Labute approximate surface area is 192 Å². The first-order chi connectivity index (χ1) is 15.8. The van der Waals surface area contributed by atoms with Crippen LogP contribution >= 0.6 is 0 Å². The minimum Gasteiger partial charge on any atom is -0.368 e. The van der Waals surface area contributed by atoms with Crippen LogP contribution in [0.15, 0.2) is 48.5 Å². The highest BCUT2D eigenvalue weighted by molar-refractivity contribution is 6.07. The number of aromatic nitrogens is 3. The van der Waals surface area contributed by atoms with Crippen molar-refractivity contribution < 1.29 is 9.59 Å². The molecule has 170 valence electrons. The lowest BCUT2D eigenvalue weighted by atomic mass is 9.91. The summed E-state index contributed by atoms with van der Waals surface area (Å²) in [4.78, 5) is 39.7. The smallest absolute Gasteiger partial charge is 0.325 e. The molecule has 1 atom stereocenters. The number of para-hydroxylation sites is 1. The summed E-state index contributed by atoms with van der Waals surface area (Å²) in [7, 11) is 0. The molecule has 1 saturated heterocycles. The van der Waals surface area contributed by atoms with Crippen LogP contribution in [-0.4, -0.2) is 31.8 Å². The number of aryl methyl sites for hydroxylation is 2. The molecule has 0 aliphatic carbocycles. The molecule has 1 aromatic heterocycles. The van der Waals surface area contributed by atoms with Crippen molar-refractivity contribution in [1.29, 1.82) is 0 Å². The van der Waals surface area contributed by atoms with Gasteiger partial charge in [0.15, 0.2) is 5.82 Å². The van der Waals surface area contributed by atoms with Crippen molar-refractivity contribution in [3.63, 3.8) is 0 Å². The van der Waals surface area contributed by atoms with Gasteiger partial charge in [-0.25, -0.2) is 4.79 Å². The first-order valence-electron chi connectivity index (χ1n) is 10.9. The van der Waals surface area contributed by atoms with Gasteiger partial charge in [-0.3, -0.25) is 9.69 Å². The summed E-state index contributed by atoms with van der Waals surface area (Å²) in [6.45, 7) is 5.65. The van der Waals surface area contributed by atoms with E-state index in [9.17, 15) is 9.59 Å². The number of carbonyl (C=O) groups excluding carboxylic acids is 2. The van der Waals surface area contributed by atoms with Gasteiger partial charge in [-0.1, -0.05) is 55.8 Å². The van der Waals surface area contributed by atoms with Crippen molar-refractivity contribution in [2.45, 2.75) is 45.7 Å². The number of nitrogen functional groups attached to an aromatic ring is 1. The second kappa shape index (κ2) is 8.85. The molecule has 1 aliphatic heterocycles. The Balaban J connectivity index is 1.55. The van der Waals surface area contributed by atoms with Gasteiger partial charge in [0.05, 0.1) is 6.54 Å². The molecule has 9 nitrogen and oxygen atoms in total. The second-order valence-electron chi connectivity index (χ2n) is 8.27. The van der Waals surface area contributed by atoms with E-state index in [-0.39, 0.29) is 30.2 Å². The van der Waals surface area contributed by atoms with Gasteiger partial charge in [0.1, 0.15) is 5.54 Å². The van der Waals surface area contributed by atoms with Crippen LogP contribution in [0.5, 0.6) is 0 Å². The van der Waals surface area contributed by atoms with Crippen LogP contribution < -0.4 is 16.4 Å². The van der Waals surface area contributed by atoms with Crippen molar-refractivity contribution in [3.8, 4) is 0 Å². The molecule has 0 saturated carbocycles. The number of hydrogen-bond donors (Lipinski definition) is 3. The molecular weight excluding hydrogens is 418 g/mol. The fourth-order valence-electron chi connectivity index (χ4n) is 3.87. The minimum atomic E-state index is -1.16. The minimum absolute atomic E-state index is 0.00240. The van der Waals surface area contributed by atoms with Gasteiger partial charge in [-0.15, -0.1) is 0 Å². The molecule has 0 radical (unpaired) electrons. The molecule has 0 bridgehead atoms. The second-order valence-corrected chi connectivity index (χ2v) is 8.27. The van der Waals surface area contributed by atoms with Crippen LogP contribution in [0.4, 0.5) is 22.4 Å². The van der Waals surface area contributed by atoms with Gasteiger partial charge in [-0.2, -0.15) is 15.0 Å². The average Bonchev–Trinajstić information content (AvgIpc) is 2.99. The quantitative estimate of drug-likeness (QED) is 0.476. The summed E-state index contributed by atoms with van der Waals surface area (Å²) in [5.74, 6) is 0.0818. The van der Waals surface area contributed by atoms with Crippen molar-refractivity contribution in [3.05, 3.63) is 71.0 Å². The Morgan fingerprint density at radius 2 is 1.79 bits per heavy atom. The van der Waals surface area contributed by atoms with Gasteiger partial charge in [0.25, 0.3) is 5.91 Å². The van der Waals surface area contributed by atoms with Crippen LogP contribution in [0.3, 0.4) is 0 Å². The first kappa shape index (κ1) is 22.2. The number of benzene rings is 2. The van der Waals surface area contributed by atoms with E-state index in [1.807, 2.05) is 55.5 Å². The summed E-state index contributed by atoms with van der Waals surface area (Å²) in [5.41, 5.74) is 8.45. The van der Waals surface area contributed by atoms with Crippen molar-refractivity contribution in [1.82, 2.24) is 25.2 Å². The van der Waals surface area contributed by atoms with Crippen LogP contribution in [0, 0.1) is 6.92 Å². The van der Waals surface area contributed by atoms with E-state index in [4.69, 9.17) is 5.73 Å². The summed E-state index contributed by atoms with van der Waals surface area (Å²) >= 11 is 0. The zero-order valence-corrected chi connectivity index (χ0v) is 18.9. The maximum Gasteiger partial charge on any atom is 0.325 e. The number of amides is 3. The van der Waals surface area contributed by atoms with Gasteiger partial charge in [0.2, 0.25) is 11.9 Å². The standard InChI is InChI=1S/C24H27N7O2/c1-4-7-16-10-12-17(13-11-16)24(3)20(32)31(23(33)30-24)14-19-27-21(25)29-22(28-19)26-18-9-6-5-8-15(18)2/h5-6,8-13H,4,7,14H2,1-3H3,(H,30,33)(H3,25,26,27,28,29)/t24-/m0/s1. The SMILES string of the molecule is CCCc1ccc([C@]2(C)NC(=O)N(Cc3nc(N)nc(Nc4ccccc4C)n3)C2=O)cc1. The maximum atomic E-state index is 13.3. The fraction of sp³-hybridized carbons (Fsp3) is 0.292. The largest absolute Gasteiger partial charge is 0.368 e. The van der Waals surface area contributed by atoms with E-state index in [1.165, 1.54) is 5.56 Å². The predicted octanol–water partition coefficient (Wildman–Crippen LogP) is 3.43. The lowest BCUT2D eigenvalue weighted by molar-refractivity contribution is -0.131. The number of imide groups is 1. The number of nitrogens with two attached hydrogens (primary N) is 1. The number of rotatable bonds is 7. The number of nitrogens with zero attached hydrogens (tertiary/aromatic N) is 4. The van der Waals surface area contributed by atoms with Crippen molar-refractivity contribution >= 4 is 29.5 Å². The summed E-state index contributed by atoms with van der Waals surface area (Å²) in [6.07, 6.45) is 2.00. The monoisotopic (exact) mass is 445 g/mol.